The van der Waals surface area contributed by atoms with Crippen LogP contribution in [0.5, 0.6) is 0 Å². The molecule has 0 aromatic heterocycles. The van der Waals surface area contributed by atoms with Crippen LogP contribution >= 0.6 is 46.4 Å². The zero-order chi connectivity index (χ0) is 14.0. The molecular formula is C13H7Cl4NO. The summed E-state index contributed by atoms with van der Waals surface area (Å²) in [7, 11) is 0. The van der Waals surface area contributed by atoms with Crippen LogP contribution < -0.4 is 5.32 Å². The summed E-state index contributed by atoms with van der Waals surface area (Å²) >= 11 is 23.5. The summed E-state index contributed by atoms with van der Waals surface area (Å²) in [6, 6.07) is 9.43. The topological polar surface area (TPSA) is 29.1 Å². The van der Waals surface area contributed by atoms with Crippen molar-refractivity contribution in [3.8, 4) is 0 Å². The average molecular weight is 335 g/mol. The summed E-state index contributed by atoms with van der Waals surface area (Å²) in [6.45, 7) is 0. The largest absolute Gasteiger partial charge is 0.321 e. The van der Waals surface area contributed by atoms with Crippen molar-refractivity contribution in [2.75, 3.05) is 5.32 Å². The maximum absolute atomic E-state index is 12.1. The van der Waals surface area contributed by atoms with Gasteiger partial charge in [-0.25, -0.2) is 0 Å². The standard InChI is InChI=1S/C13H7Cl4NO/c14-7-1-3-10(16)9(5-7)13(19)18-12-4-2-8(15)6-11(12)17/h1-6H,(H,18,19). The molecule has 6 heteroatoms. The summed E-state index contributed by atoms with van der Waals surface area (Å²) in [5.41, 5.74) is 0.729. The SMILES string of the molecule is O=C(Nc1ccc(Cl)cc1Cl)c1cc(Cl)ccc1Cl. The van der Waals surface area contributed by atoms with Gasteiger partial charge in [-0.2, -0.15) is 0 Å². The number of halogens is 4. The highest BCUT2D eigenvalue weighted by atomic mass is 35.5. The Hall–Kier alpha value is -0.930. The van der Waals surface area contributed by atoms with Crippen LogP contribution in [0.4, 0.5) is 5.69 Å². The van der Waals surface area contributed by atoms with Crippen molar-refractivity contribution in [1.82, 2.24) is 0 Å². The molecule has 98 valence electrons. The molecule has 0 saturated carbocycles. The highest BCUT2D eigenvalue weighted by Crippen LogP contribution is 2.27. The highest BCUT2D eigenvalue weighted by molar-refractivity contribution is 6.38. The lowest BCUT2D eigenvalue weighted by molar-refractivity contribution is 0.102. The summed E-state index contributed by atoms with van der Waals surface area (Å²) in [5.74, 6) is -0.392. The Morgan fingerprint density at radius 3 is 2.16 bits per heavy atom. The number of hydrogen-bond donors (Lipinski definition) is 1. The molecule has 0 atom stereocenters. The van der Waals surface area contributed by atoms with E-state index in [1.54, 1.807) is 24.3 Å². The summed E-state index contributed by atoms with van der Waals surface area (Å²) in [5, 5.41) is 4.22. The second-order valence-electron chi connectivity index (χ2n) is 3.70. The molecule has 2 aromatic carbocycles. The molecule has 2 nitrogen and oxygen atoms in total. The molecule has 1 amide bonds. The third kappa shape index (κ3) is 3.54. The van der Waals surface area contributed by atoms with E-state index >= 15 is 0 Å². The van der Waals surface area contributed by atoms with Gasteiger partial charge in [-0.15, -0.1) is 0 Å². The van der Waals surface area contributed by atoms with Crippen LogP contribution in [-0.4, -0.2) is 5.91 Å². The quantitative estimate of drug-likeness (QED) is 0.766. The van der Waals surface area contributed by atoms with Crippen molar-refractivity contribution in [3.05, 3.63) is 62.1 Å². The molecule has 0 heterocycles. The predicted molar refractivity (Wildman–Crippen MR) is 80.9 cm³/mol. The first-order chi connectivity index (χ1) is 8.97. The van der Waals surface area contributed by atoms with Crippen molar-refractivity contribution in [3.63, 3.8) is 0 Å². The summed E-state index contributed by atoms with van der Waals surface area (Å²) in [6.07, 6.45) is 0. The summed E-state index contributed by atoms with van der Waals surface area (Å²) in [4.78, 5) is 12.1. The molecule has 0 aliphatic heterocycles. The van der Waals surface area contributed by atoms with Crippen LogP contribution in [0, 0.1) is 0 Å². The predicted octanol–water partition coefficient (Wildman–Crippen LogP) is 5.55. The molecule has 2 aromatic rings. The van der Waals surface area contributed by atoms with Gasteiger partial charge in [-0.1, -0.05) is 46.4 Å². The lowest BCUT2D eigenvalue weighted by Crippen LogP contribution is -2.12. The lowest BCUT2D eigenvalue weighted by atomic mass is 10.2. The van der Waals surface area contributed by atoms with Crippen molar-refractivity contribution < 1.29 is 4.79 Å². The minimum atomic E-state index is -0.392. The number of hydrogen-bond acceptors (Lipinski definition) is 1. The average Bonchev–Trinajstić information content (AvgIpc) is 2.35. The van der Waals surface area contributed by atoms with E-state index in [1.165, 1.54) is 12.1 Å². The Bertz CT molecular complexity index is 643. The van der Waals surface area contributed by atoms with Gasteiger partial charge < -0.3 is 5.32 Å². The number of carbonyl (C=O) groups excluding carboxylic acids is 1. The molecule has 0 radical (unpaired) electrons. The molecule has 19 heavy (non-hydrogen) atoms. The molecule has 0 spiro atoms. The number of nitrogens with one attached hydrogen (secondary N) is 1. The number of anilines is 1. The van der Waals surface area contributed by atoms with Gasteiger partial charge in [0.25, 0.3) is 5.91 Å². The Labute approximate surface area is 130 Å². The van der Waals surface area contributed by atoms with Crippen molar-refractivity contribution in [2.45, 2.75) is 0 Å². The van der Waals surface area contributed by atoms with Crippen LogP contribution in [0.1, 0.15) is 10.4 Å². The summed E-state index contributed by atoms with van der Waals surface area (Å²) < 4.78 is 0. The molecular weight excluding hydrogens is 328 g/mol. The monoisotopic (exact) mass is 333 g/mol. The van der Waals surface area contributed by atoms with E-state index in [-0.39, 0.29) is 5.56 Å². The number of carbonyl (C=O) groups is 1. The van der Waals surface area contributed by atoms with Crippen LogP contribution in [0.25, 0.3) is 0 Å². The number of amides is 1. The van der Waals surface area contributed by atoms with Gasteiger partial charge in [-0.3, -0.25) is 4.79 Å². The van der Waals surface area contributed by atoms with E-state index in [2.05, 4.69) is 5.32 Å². The number of benzene rings is 2. The second-order valence-corrected chi connectivity index (χ2v) is 5.39. The van der Waals surface area contributed by atoms with Gasteiger partial charge in [0.05, 0.1) is 21.3 Å². The first-order valence-corrected chi connectivity index (χ1v) is 6.70. The van der Waals surface area contributed by atoms with E-state index in [9.17, 15) is 4.79 Å². The van der Waals surface area contributed by atoms with Crippen LogP contribution in [0.15, 0.2) is 36.4 Å². The van der Waals surface area contributed by atoms with Gasteiger partial charge in [0.15, 0.2) is 0 Å². The lowest BCUT2D eigenvalue weighted by Gasteiger charge is -2.09. The molecule has 0 fully saturated rings. The second kappa shape index (κ2) is 6.02. The zero-order valence-electron chi connectivity index (χ0n) is 9.38. The van der Waals surface area contributed by atoms with Gasteiger partial charge in [0.2, 0.25) is 0 Å². The van der Waals surface area contributed by atoms with Gasteiger partial charge in [-0.05, 0) is 36.4 Å². The van der Waals surface area contributed by atoms with Gasteiger partial charge in [0.1, 0.15) is 0 Å². The molecule has 0 saturated heterocycles. The maximum atomic E-state index is 12.1. The Kier molecular flexibility index (Phi) is 4.58. The van der Waals surface area contributed by atoms with Crippen LogP contribution in [0.2, 0.25) is 20.1 Å². The minimum absolute atomic E-state index is 0.278. The van der Waals surface area contributed by atoms with Crippen molar-refractivity contribution >= 4 is 58.0 Å². The van der Waals surface area contributed by atoms with Gasteiger partial charge >= 0.3 is 0 Å². The Balaban J connectivity index is 2.28. The maximum Gasteiger partial charge on any atom is 0.257 e. The fourth-order valence-corrected chi connectivity index (χ4v) is 2.28. The first-order valence-electron chi connectivity index (χ1n) is 5.19. The fraction of sp³-hybridized carbons (Fsp3) is 0. The molecule has 1 N–H and O–H groups in total. The molecule has 0 aliphatic carbocycles. The smallest absolute Gasteiger partial charge is 0.257 e. The van der Waals surface area contributed by atoms with Crippen LogP contribution in [-0.2, 0) is 0 Å². The highest BCUT2D eigenvalue weighted by Gasteiger charge is 2.12. The van der Waals surface area contributed by atoms with Crippen molar-refractivity contribution in [1.29, 1.82) is 0 Å². The third-order valence-electron chi connectivity index (χ3n) is 2.35. The van der Waals surface area contributed by atoms with E-state index in [0.717, 1.165) is 0 Å². The van der Waals surface area contributed by atoms with Gasteiger partial charge in [0, 0.05) is 10.0 Å². The first kappa shape index (κ1) is 14.5. The molecule has 2 rings (SSSR count). The zero-order valence-corrected chi connectivity index (χ0v) is 12.4. The van der Waals surface area contributed by atoms with E-state index in [4.69, 9.17) is 46.4 Å². The van der Waals surface area contributed by atoms with E-state index < -0.39 is 5.91 Å². The number of rotatable bonds is 2. The normalized spacial score (nSPS) is 10.3. The Morgan fingerprint density at radius 1 is 0.842 bits per heavy atom. The minimum Gasteiger partial charge on any atom is -0.321 e. The Morgan fingerprint density at radius 2 is 1.47 bits per heavy atom. The molecule has 0 bridgehead atoms. The fourth-order valence-electron chi connectivity index (χ4n) is 1.45. The van der Waals surface area contributed by atoms with E-state index in [1.807, 2.05) is 0 Å². The third-order valence-corrected chi connectivity index (χ3v) is 3.46. The van der Waals surface area contributed by atoms with Crippen molar-refractivity contribution in [2.24, 2.45) is 0 Å². The molecule has 0 aliphatic rings. The van der Waals surface area contributed by atoms with Crippen LogP contribution in [0.3, 0.4) is 0 Å². The molecule has 0 unspecified atom stereocenters. The van der Waals surface area contributed by atoms with E-state index in [0.29, 0.717) is 25.8 Å².